The Hall–Kier alpha value is -0.160. The highest BCUT2D eigenvalue weighted by Crippen LogP contribution is 2.33. The van der Waals surface area contributed by atoms with Crippen LogP contribution in [0.25, 0.3) is 0 Å². The second-order valence-corrected chi connectivity index (χ2v) is 5.75. The van der Waals surface area contributed by atoms with Crippen molar-refractivity contribution in [1.82, 2.24) is 10.2 Å². The fourth-order valence-electron chi connectivity index (χ4n) is 2.54. The Morgan fingerprint density at radius 2 is 2.12 bits per heavy atom. The maximum absolute atomic E-state index is 9.71. The fraction of sp³-hybridized carbons (Fsp3) is 1.00. The maximum atomic E-state index is 9.71. The minimum absolute atomic E-state index is 0.186. The molecule has 1 saturated carbocycles. The molecule has 1 aliphatic heterocycles. The first-order chi connectivity index (χ1) is 7.52. The Kier molecular flexibility index (Phi) is 3.54. The van der Waals surface area contributed by atoms with Crippen LogP contribution in [0.2, 0.25) is 0 Å². The highest BCUT2D eigenvalue weighted by Gasteiger charge is 2.38. The Balaban J connectivity index is 1.75. The van der Waals surface area contributed by atoms with E-state index in [4.69, 9.17) is 5.11 Å². The lowest BCUT2D eigenvalue weighted by atomic mass is 10.1. The molecule has 1 saturated heterocycles. The summed E-state index contributed by atoms with van der Waals surface area (Å²) in [5.74, 6) is 0. The molecule has 0 amide bonds. The zero-order valence-electron chi connectivity index (χ0n) is 10.3. The molecule has 2 rings (SSSR count). The van der Waals surface area contributed by atoms with Crippen LogP contribution in [0.15, 0.2) is 0 Å². The van der Waals surface area contributed by atoms with Crippen molar-refractivity contribution in [2.75, 3.05) is 19.7 Å². The zero-order valence-corrected chi connectivity index (χ0v) is 10.3. The molecule has 3 atom stereocenters. The first-order valence-electron chi connectivity index (χ1n) is 6.34. The Morgan fingerprint density at radius 1 is 1.44 bits per heavy atom. The zero-order chi connectivity index (χ0) is 11.8. The molecule has 0 aromatic carbocycles. The monoisotopic (exact) mass is 228 g/mol. The predicted molar refractivity (Wildman–Crippen MR) is 63.3 cm³/mol. The average Bonchev–Trinajstić information content (AvgIpc) is 3.01. The summed E-state index contributed by atoms with van der Waals surface area (Å²) in [5.41, 5.74) is -0.990. The number of aliphatic hydroxyl groups is 2. The number of nitrogens with zero attached hydrogens (tertiary/aromatic N) is 1. The Labute approximate surface area is 97.6 Å². The lowest BCUT2D eigenvalue weighted by molar-refractivity contribution is 0.000928. The van der Waals surface area contributed by atoms with Crippen LogP contribution in [0.3, 0.4) is 0 Å². The molecule has 4 heteroatoms. The lowest BCUT2D eigenvalue weighted by Crippen LogP contribution is -2.45. The van der Waals surface area contributed by atoms with E-state index in [-0.39, 0.29) is 6.61 Å². The summed E-state index contributed by atoms with van der Waals surface area (Å²) < 4.78 is 0. The van der Waals surface area contributed by atoms with Gasteiger partial charge in [-0.15, -0.1) is 0 Å². The predicted octanol–water partition coefficient (Wildman–Crippen LogP) is -0.0555. The quantitative estimate of drug-likeness (QED) is 0.617. The normalized spacial score (nSPS) is 35.2. The third kappa shape index (κ3) is 2.94. The molecule has 2 aliphatic rings. The van der Waals surface area contributed by atoms with Gasteiger partial charge in [0.1, 0.15) is 0 Å². The van der Waals surface area contributed by atoms with Crippen LogP contribution in [-0.4, -0.2) is 58.5 Å². The van der Waals surface area contributed by atoms with Gasteiger partial charge in [0.25, 0.3) is 0 Å². The molecule has 1 aliphatic carbocycles. The van der Waals surface area contributed by atoms with Gasteiger partial charge in [0.15, 0.2) is 0 Å². The number of hydrogen-bond acceptors (Lipinski definition) is 4. The molecule has 94 valence electrons. The SMILES string of the molecule is CC1CC(NCC(C)(O)CO)CN1C1CC1. The van der Waals surface area contributed by atoms with Crippen molar-refractivity contribution < 1.29 is 10.2 Å². The number of hydrogen-bond donors (Lipinski definition) is 3. The standard InChI is InChI=1S/C12H24N2O2/c1-9-5-10(6-14(9)11-3-4-11)13-7-12(2,16)8-15/h9-11,13,15-16H,3-8H2,1-2H3. The van der Waals surface area contributed by atoms with Crippen molar-refractivity contribution >= 4 is 0 Å². The first-order valence-corrected chi connectivity index (χ1v) is 6.34. The molecule has 0 spiro atoms. The molecule has 16 heavy (non-hydrogen) atoms. The molecule has 4 nitrogen and oxygen atoms in total. The van der Waals surface area contributed by atoms with Gasteiger partial charge < -0.3 is 15.5 Å². The van der Waals surface area contributed by atoms with Crippen molar-refractivity contribution in [2.24, 2.45) is 0 Å². The Morgan fingerprint density at radius 3 is 2.69 bits per heavy atom. The lowest BCUT2D eigenvalue weighted by Gasteiger charge is -2.23. The van der Waals surface area contributed by atoms with E-state index in [0.717, 1.165) is 19.0 Å². The van der Waals surface area contributed by atoms with E-state index in [2.05, 4.69) is 17.1 Å². The van der Waals surface area contributed by atoms with Crippen LogP contribution in [-0.2, 0) is 0 Å². The molecule has 0 aromatic heterocycles. The topological polar surface area (TPSA) is 55.7 Å². The van der Waals surface area contributed by atoms with Crippen molar-refractivity contribution in [3.8, 4) is 0 Å². The van der Waals surface area contributed by atoms with E-state index in [1.165, 1.54) is 12.8 Å². The van der Waals surface area contributed by atoms with Crippen molar-refractivity contribution in [2.45, 2.75) is 56.8 Å². The largest absolute Gasteiger partial charge is 0.393 e. The van der Waals surface area contributed by atoms with Gasteiger partial charge in [-0.2, -0.15) is 0 Å². The maximum Gasteiger partial charge on any atom is 0.0972 e. The van der Waals surface area contributed by atoms with E-state index < -0.39 is 5.60 Å². The summed E-state index contributed by atoms with van der Waals surface area (Å²) in [4.78, 5) is 2.57. The summed E-state index contributed by atoms with van der Waals surface area (Å²) in [7, 11) is 0. The summed E-state index contributed by atoms with van der Waals surface area (Å²) in [6.45, 7) is 5.32. The van der Waals surface area contributed by atoms with E-state index >= 15 is 0 Å². The molecule has 1 heterocycles. The third-order valence-electron chi connectivity index (χ3n) is 3.75. The van der Waals surface area contributed by atoms with Gasteiger partial charge in [-0.05, 0) is 33.1 Å². The summed E-state index contributed by atoms with van der Waals surface area (Å²) in [6.07, 6.45) is 3.86. The van der Waals surface area contributed by atoms with Crippen LogP contribution in [0.4, 0.5) is 0 Å². The second kappa shape index (κ2) is 4.61. The van der Waals surface area contributed by atoms with Crippen molar-refractivity contribution in [3.63, 3.8) is 0 Å². The number of aliphatic hydroxyl groups excluding tert-OH is 1. The fourth-order valence-corrected chi connectivity index (χ4v) is 2.54. The molecule has 0 aromatic rings. The molecule has 0 bridgehead atoms. The third-order valence-corrected chi connectivity index (χ3v) is 3.75. The van der Waals surface area contributed by atoms with Gasteiger partial charge in [0.2, 0.25) is 0 Å². The van der Waals surface area contributed by atoms with E-state index in [0.29, 0.717) is 18.6 Å². The van der Waals surface area contributed by atoms with Crippen LogP contribution in [0.1, 0.15) is 33.1 Å². The summed E-state index contributed by atoms with van der Waals surface area (Å²) in [5, 5.41) is 22.0. The minimum Gasteiger partial charge on any atom is -0.393 e. The van der Waals surface area contributed by atoms with E-state index in [1.807, 2.05) is 0 Å². The minimum atomic E-state index is -0.990. The van der Waals surface area contributed by atoms with Gasteiger partial charge in [-0.1, -0.05) is 0 Å². The smallest absolute Gasteiger partial charge is 0.0972 e. The molecular weight excluding hydrogens is 204 g/mol. The van der Waals surface area contributed by atoms with E-state index in [1.54, 1.807) is 6.92 Å². The van der Waals surface area contributed by atoms with Gasteiger partial charge in [0.05, 0.1) is 12.2 Å². The summed E-state index contributed by atoms with van der Waals surface area (Å²) >= 11 is 0. The van der Waals surface area contributed by atoms with Gasteiger partial charge in [-0.25, -0.2) is 0 Å². The van der Waals surface area contributed by atoms with Crippen LogP contribution in [0.5, 0.6) is 0 Å². The van der Waals surface area contributed by atoms with Gasteiger partial charge >= 0.3 is 0 Å². The molecule has 0 radical (unpaired) electrons. The summed E-state index contributed by atoms with van der Waals surface area (Å²) in [6, 6.07) is 1.94. The molecule has 3 unspecified atom stereocenters. The van der Waals surface area contributed by atoms with Crippen LogP contribution < -0.4 is 5.32 Å². The Bertz CT molecular complexity index is 241. The second-order valence-electron chi connectivity index (χ2n) is 5.75. The number of nitrogens with one attached hydrogen (secondary N) is 1. The van der Waals surface area contributed by atoms with Gasteiger partial charge in [-0.3, -0.25) is 4.90 Å². The van der Waals surface area contributed by atoms with Crippen molar-refractivity contribution in [3.05, 3.63) is 0 Å². The number of rotatable bonds is 5. The van der Waals surface area contributed by atoms with Crippen LogP contribution >= 0.6 is 0 Å². The first kappa shape index (κ1) is 12.3. The van der Waals surface area contributed by atoms with Gasteiger partial charge in [0, 0.05) is 31.2 Å². The number of likely N-dealkylation sites (tertiary alicyclic amines) is 1. The highest BCUT2D eigenvalue weighted by atomic mass is 16.3. The molecule has 3 N–H and O–H groups in total. The van der Waals surface area contributed by atoms with E-state index in [9.17, 15) is 5.11 Å². The highest BCUT2D eigenvalue weighted by molar-refractivity contribution is 4.96. The van der Waals surface area contributed by atoms with Crippen molar-refractivity contribution in [1.29, 1.82) is 0 Å². The van der Waals surface area contributed by atoms with Crippen LogP contribution in [0, 0.1) is 0 Å². The average molecular weight is 228 g/mol. The molecule has 2 fully saturated rings. The molecular formula is C12H24N2O2.